The Morgan fingerprint density at radius 3 is 2.30 bits per heavy atom. The summed E-state index contributed by atoms with van der Waals surface area (Å²) in [4.78, 5) is 13.2. The van der Waals surface area contributed by atoms with E-state index in [0.717, 1.165) is 22.5 Å². The Morgan fingerprint density at radius 1 is 1.00 bits per heavy atom. The molecule has 1 aromatic heterocycles. The molecule has 0 aliphatic carbocycles. The number of hydrogen-bond acceptors (Lipinski definition) is 7. The van der Waals surface area contributed by atoms with E-state index in [0.29, 0.717) is 35.9 Å². The van der Waals surface area contributed by atoms with Gasteiger partial charge in [0.1, 0.15) is 9.77 Å². The highest BCUT2D eigenvalue weighted by molar-refractivity contribution is 7.89. The van der Waals surface area contributed by atoms with E-state index < -0.39 is 15.9 Å². The van der Waals surface area contributed by atoms with Crippen LogP contribution in [-0.4, -0.2) is 46.5 Å². The zero-order valence-electron chi connectivity index (χ0n) is 18.5. The molecule has 0 unspecified atom stereocenters. The largest absolute Gasteiger partial charge is 0.493 e. The fourth-order valence-corrected chi connectivity index (χ4v) is 6.54. The first kappa shape index (κ1) is 23.1. The third-order valence-corrected chi connectivity index (χ3v) is 8.40. The summed E-state index contributed by atoms with van der Waals surface area (Å²) in [7, 11) is 0.586. The van der Waals surface area contributed by atoms with Crippen LogP contribution in [0.4, 0.5) is 5.69 Å². The highest BCUT2D eigenvalue weighted by Gasteiger charge is 2.32. The van der Waals surface area contributed by atoms with Crippen LogP contribution in [-0.2, 0) is 23.0 Å². The summed E-state index contributed by atoms with van der Waals surface area (Å²) in [6.07, 6.45) is 0.631. The average Bonchev–Trinajstić information content (AvgIpc) is 3.34. The van der Waals surface area contributed by atoms with Gasteiger partial charge >= 0.3 is 0 Å². The number of thiophene rings is 1. The molecule has 0 saturated heterocycles. The molecule has 174 valence electrons. The normalized spacial score (nSPS) is 13.8. The predicted molar refractivity (Wildman–Crippen MR) is 126 cm³/mol. The molecule has 1 N–H and O–H groups in total. The van der Waals surface area contributed by atoms with Crippen molar-refractivity contribution >= 4 is 33.0 Å². The van der Waals surface area contributed by atoms with Gasteiger partial charge in [0.25, 0.3) is 5.91 Å². The molecule has 3 aromatic rings. The van der Waals surface area contributed by atoms with Crippen LogP contribution in [0.15, 0.2) is 52.7 Å². The molecule has 0 atom stereocenters. The lowest BCUT2D eigenvalue weighted by atomic mass is 10.0. The number of carbonyl (C=O) groups is 1. The monoisotopic (exact) mass is 488 g/mol. The third-order valence-electron chi connectivity index (χ3n) is 5.47. The van der Waals surface area contributed by atoms with Crippen molar-refractivity contribution in [2.24, 2.45) is 0 Å². The van der Waals surface area contributed by atoms with Gasteiger partial charge in [-0.15, -0.1) is 11.3 Å². The minimum Gasteiger partial charge on any atom is -0.493 e. The van der Waals surface area contributed by atoms with E-state index in [-0.39, 0.29) is 16.3 Å². The number of benzene rings is 2. The van der Waals surface area contributed by atoms with Crippen molar-refractivity contribution in [2.75, 3.05) is 33.2 Å². The van der Waals surface area contributed by atoms with Crippen LogP contribution in [0.25, 0.3) is 0 Å². The number of carbonyl (C=O) groups excluding carboxylic acids is 1. The maximum Gasteiger partial charge on any atom is 0.267 e. The summed E-state index contributed by atoms with van der Waals surface area (Å²) in [5.41, 5.74) is 2.51. The fourth-order valence-electron chi connectivity index (χ4n) is 3.82. The second kappa shape index (κ2) is 9.42. The lowest BCUT2D eigenvalue weighted by Gasteiger charge is -2.28. The summed E-state index contributed by atoms with van der Waals surface area (Å²) in [6.45, 7) is 0.644. The molecule has 33 heavy (non-hydrogen) atoms. The number of ether oxygens (including phenoxy) is 3. The van der Waals surface area contributed by atoms with Crippen molar-refractivity contribution in [1.82, 2.24) is 4.31 Å². The predicted octanol–water partition coefficient (Wildman–Crippen LogP) is 3.77. The van der Waals surface area contributed by atoms with Crippen molar-refractivity contribution in [3.8, 4) is 17.2 Å². The van der Waals surface area contributed by atoms with Crippen molar-refractivity contribution in [3.63, 3.8) is 0 Å². The Morgan fingerprint density at radius 2 is 1.67 bits per heavy atom. The highest BCUT2D eigenvalue weighted by Crippen LogP contribution is 2.40. The number of methoxy groups -OCH3 is 3. The smallest absolute Gasteiger partial charge is 0.267 e. The SMILES string of the molecule is COc1cc(NC(=O)c2sccc2S(=O)(=O)N2CCc3ccccc3C2)cc(OC)c1OC. The summed E-state index contributed by atoms with van der Waals surface area (Å²) in [6, 6.07) is 12.4. The number of amides is 1. The third kappa shape index (κ3) is 4.41. The van der Waals surface area contributed by atoms with Gasteiger partial charge in [0.15, 0.2) is 11.5 Å². The summed E-state index contributed by atoms with van der Waals surface area (Å²) in [5.74, 6) is 0.606. The van der Waals surface area contributed by atoms with Crippen molar-refractivity contribution < 1.29 is 27.4 Å². The molecule has 0 saturated carbocycles. The second-order valence-corrected chi connectivity index (χ2v) is 10.2. The first-order valence-corrected chi connectivity index (χ1v) is 12.5. The molecule has 2 aromatic carbocycles. The van der Waals surface area contributed by atoms with E-state index in [1.54, 1.807) is 17.5 Å². The molecule has 0 bridgehead atoms. The van der Waals surface area contributed by atoms with Crippen molar-refractivity contribution in [1.29, 1.82) is 0 Å². The summed E-state index contributed by atoms with van der Waals surface area (Å²) < 4.78 is 44.2. The van der Waals surface area contributed by atoms with Crippen LogP contribution >= 0.6 is 11.3 Å². The van der Waals surface area contributed by atoms with E-state index in [1.165, 1.54) is 31.7 Å². The van der Waals surface area contributed by atoms with Gasteiger partial charge in [-0.3, -0.25) is 4.79 Å². The number of sulfonamides is 1. The number of anilines is 1. The molecule has 10 heteroatoms. The van der Waals surface area contributed by atoms with Gasteiger partial charge < -0.3 is 19.5 Å². The number of fused-ring (bicyclic) bond motifs is 1. The molecule has 0 spiro atoms. The molecule has 0 fully saturated rings. The van der Waals surface area contributed by atoms with Gasteiger partial charge in [-0.05, 0) is 29.0 Å². The minimum absolute atomic E-state index is 0.00294. The Labute approximate surface area is 196 Å². The zero-order valence-corrected chi connectivity index (χ0v) is 20.1. The molecule has 0 radical (unpaired) electrons. The Kier molecular flexibility index (Phi) is 6.59. The second-order valence-electron chi connectivity index (χ2n) is 7.34. The quantitative estimate of drug-likeness (QED) is 0.544. The Bertz CT molecular complexity index is 1260. The van der Waals surface area contributed by atoms with Gasteiger partial charge in [-0.1, -0.05) is 24.3 Å². The lowest BCUT2D eigenvalue weighted by Crippen LogP contribution is -2.36. The Hall–Kier alpha value is -3.08. The van der Waals surface area contributed by atoms with Crippen LogP contribution in [0.2, 0.25) is 0 Å². The van der Waals surface area contributed by atoms with E-state index in [4.69, 9.17) is 14.2 Å². The van der Waals surface area contributed by atoms with Crippen LogP contribution in [0.3, 0.4) is 0 Å². The maximum atomic E-state index is 13.4. The molecule has 1 aliphatic rings. The van der Waals surface area contributed by atoms with Gasteiger partial charge in [0, 0.05) is 30.9 Å². The van der Waals surface area contributed by atoms with E-state index in [9.17, 15) is 13.2 Å². The summed E-state index contributed by atoms with van der Waals surface area (Å²) in [5, 5.41) is 4.36. The van der Waals surface area contributed by atoms with Gasteiger partial charge in [0.2, 0.25) is 15.8 Å². The summed E-state index contributed by atoms with van der Waals surface area (Å²) >= 11 is 1.08. The first-order chi connectivity index (χ1) is 15.9. The lowest BCUT2D eigenvalue weighted by molar-refractivity contribution is 0.102. The molecule has 8 nitrogen and oxygen atoms in total. The maximum absolute atomic E-state index is 13.4. The number of rotatable bonds is 7. The minimum atomic E-state index is -3.85. The van der Waals surface area contributed by atoms with E-state index in [1.807, 2.05) is 24.3 Å². The molecule has 2 heterocycles. The molecule has 1 aliphatic heterocycles. The standard InChI is InChI=1S/C23H24N2O6S2/c1-29-18-12-17(13-19(30-2)21(18)31-3)24-23(26)22-20(9-11-32-22)33(27,28)25-10-8-15-6-4-5-7-16(15)14-25/h4-7,9,11-13H,8,10,14H2,1-3H3,(H,24,26). The topological polar surface area (TPSA) is 94.2 Å². The first-order valence-electron chi connectivity index (χ1n) is 10.1. The fraction of sp³-hybridized carbons (Fsp3) is 0.261. The number of nitrogens with one attached hydrogen (secondary N) is 1. The number of hydrogen-bond donors (Lipinski definition) is 1. The molecule has 1 amide bonds. The molecular weight excluding hydrogens is 464 g/mol. The zero-order chi connectivity index (χ0) is 23.6. The highest BCUT2D eigenvalue weighted by atomic mass is 32.2. The van der Waals surface area contributed by atoms with E-state index >= 15 is 0 Å². The molecular formula is C23H24N2O6S2. The van der Waals surface area contributed by atoms with Crippen LogP contribution in [0.5, 0.6) is 17.2 Å². The average molecular weight is 489 g/mol. The van der Waals surface area contributed by atoms with Crippen molar-refractivity contribution in [2.45, 2.75) is 17.9 Å². The van der Waals surface area contributed by atoms with Crippen LogP contribution < -0.4 is 19.5 Å². The van der Waals surface area contributed by atoms with Gasteiger partial charge in [-0.2, -0.15) is 4.31 Å². The van der Waals surface area contributed by atoms with E-state index in [2.05, 4.69) is 5.32 Å². The van der Waals surface area contributed by atoms with Gasteiger partial charge in [-0.25, -0.2) is 8.42 Å². The van der Waals surface area contributed by atoms with Crippen LogP contribution in [0.1, 0.15) is 20.8 Å². The van der Waals surface area contributed by atoms with Crippen molar-refractivity contribution in [3.05, 3.63) is 63.8 Å². The number of nitrogens with zero attached hydrogens (tertiary/aromatic N) is 1. The Balaban J connectivity index is 1.61. The van der Waals surface area contributed by atoms with Gasteiger partial charge in [0.05, 0.1) is 21.3 Å². The molecule has 4 rings (SSSR count). The van der Waals surface area contributed by atoms with Crippen LogP contribution in [0, 0.1) is 0 Å².